The first kappa shape index (κ1) is 24.7. The highest BCUT2D eigenvalue weighted by molar-refractivity contribution is 5.73. The third kappa shape index (κ3) is 6.11. The van der Waals surface area contributed by atoms with Gasteiger partial charge in [-0.25, -0.2) is 4.39 Å². The fourth-order valence-corrected chi connectivity index (χ4v) is 4.22. The van der Waals surface area contributed by atoms with Crippen molar-refractivity contribution in [3.8, 4) is 16.9 Å². The first-order chi connectivity index (χ1) is 16.0. The van der Waals surface area contributed by atoms with Crippen LogP contribution in [0.25, 0.3) is 11.1 Å². The first-order valence-corrected chi connectivity index (χ1v) is 11.8. The summed E-state index contributed by atoms with van der Waals surface area (Å²) in [5.74, 6) is 0.670. The Bertz CT molecular complexity index is 1050. The summed E-state index contributed by atoms with van der Waals surface area (Å²) in [5.41, 5.74) is 6.68. The number of benzene rings is 2. The van der Waals surface area contributed by atoms with E-state index in [1.165, 1.54) is 12.1 Å². The van der Waals surface area contributed by atoms with E-state index in [-0.39, 0.29) is 18.3 Å². The molecule has 0 radical (unpaired) electrons. The number of pyridine rings is 1. The van der Waals surface area contributed by atoms with Gasteiger partial charge in [-0.2, -0.15) is 0 Å². The van der Waals surface area contributed by atoms with Gasteiger partial charge in [0.1, 0.15) is 11.6 Å². The monoisotopic (exact) mass is 450 g/mol. The number of nitrogens with one attached hydrogen (secondary N) is 1. The van der Waals surface area contributed by atoms with E-state index in [0.29, 0.717) is 6.54 Å². The number of aromatic nitrogens is 1. The molecule has 0 bridgehead atoms. The molecule has 0 saturated heterocycles. The van der Waals surface area contributed by atoms with Crippen LogP contribution >= 0.6 is 0 Å². The van der Waals surface area contributed by atoms with Gasteiger partial charge >= 0.3 is 0 Å². The van der Waals surface area contributed by atoms with Crippen LogP contribution in [0.2, 0.25) is 0 Å². The molecule has 0 fully saturated rings. The lowest BCUT2D eigenvalue weighted by Crippen LogP contribution is -2.14. The molecule has 1 heterocycles. The van der Waals surface area contributed by atoms with Crippen molar-refractivity contribution in [2.75, 3.05) is 12.4 Å². The number of nitrogens with zero attached hydrogens (tertiary/aromatic N) is 1. The standard InChI is InChI=1S/C28H35FN2O2/c1-5-6-7-11-24-26(17-30-22-9-8-10-23(16-22)33-4)31-28(19(2)3)25(18-32)27(24)20-12-14-21(29)15-13-20/h8-10,12-16,19,30,32H,5-7,11,17-18H2,1-4H3. The largest absolute Gasteiger partial charge is 0.497 e. The molecule has 2 aromatic carbocycles. The maximum atomic E-state index is 13.7. The molecule has 0 aliphatic rings. The number of aliphatic hydroxyl groups is 1. The summed E-state index contributed by atoms with van der Waals surface area (Å²) >= 11 is 0. The molecule has 1 aromatic heterocycles. The van der Waals surface area contributed by atoms with Gasteiger partial charge in [-0.05, 0) is 59.7 Å². The number of aliphatic hydroxyl groups excluding tert-OH is 1. The maximum Gasteiger partial charge on any atom is 0.123 e. The van der Waals surface area contributed by atoms with E-state index in [4.69, 9.17) is 9.72 Å². The lowest BCUT2D eigenvalue weighted by molar-refractivity contribution is 0.279. The lowest BCUT2D eigenvalue weighted by atomic mass is 9.87. The number of ether oxygens (including phenoxy) is 1. The molecule has 0 spiro atoms. The Morgan fingerprint density at radius 1 is 1.06 bits per heavy atom. The Morgan fingerprint density at radius 3 is 2.45 bits per heavy atom. The van der Waals surface area contributed by atoms with Crippen LogP contribution in [-0.2, 0) is 19.6 Å². The molecule has 176 valence electrons. The minimum atomic E-state index is -0.269. The van der Waals surface area contributed by atoms with Crippen molar-refractivity contribution in [2.45, 2.75) is 65.5 Å². The molecule has 3 aromatic rings. The van der Waals surface area contributed by atoms with Gasteiger partial charge in [-0.1, -0.05) is 51.8 Å². The molecule has 0 atom stereocenters. The zero-order chi connectivity index (χ0) is 23.8. The summed E-state index contributed by atoms with van der Waals surface area (Å²) in [6.07, 6.45) is 4.12. The van der Waals surface area contributed by atoms with Gasteiger partial charge in [-0.3, -0.25) is 4.98 Å². The van der Waals surface area contributed by atoms with Crippen LogP contribution in [0.4, 0.5) is 10.1 Å². The predicted molar refractivity (Wildman–Crippen MR) is 133 cm³/mol. The highest BCUT2D eigenvalue weighted by atomic mass is 19.1. The van der Waals surface area contributed by atoms with Gasteiger partial charge in [0.05, 0.1) is 26.0 Å². The molecular weight excluding hydrogens is 415 g/mol. The molecule has 0 aliphatic heterocycles. The fourth-order valence-electron chi connectivity index (χ4n) is 4.22. The zero-order valence-corrected chi connectivity index (χ0v) is 20.1. The molecule has 0 saturated carbocycles. The van der Waals surface area contributed by atoms with Crippen molar-refractivity contribution in [1.82, 2.24) is 4.98 Å². The number of hydrogen-bond donors (Lipinski definition) is 2. The number of unbranched alkanes of at least 4 members (excludes halogenated alkanes) is 2. The average Bonchev–Trinajstić information content (AvgIpc) is 2.83. The second-order valence-corrected chi connectivity index (χ2v) is 8.64. The fraction of sp³-hybridized carbons (Fsp3) is 0.393. The Hall–Kier alpha value is -2.92. The second-order valence-electron chi connectivity index (χ2n) is 8.64. The highest BCUT2D eigenvalue weighted by Gasteiger charge is 2.22. The average molecular weight is 451 g/mol. The van der Waals surface area contributed by atoms with E-state index in [1.54, 1.807) is 19.2 Å². The third-order valence-electron chi connectivity index (χ3n) is 5.91. The van der Waals surface area contributed by atoms with Gasteiger partial charge in [0.2, 0.25) is 0 Å². The van der Waals surface area contributed by atoms with E-state index in [1.807, 2.05) is 24.3 Å². The number of rotatable bonds is 11. The summed E-state index contributed by atoms with van der Waals surface area (Å²) in [6, 6.07) is 14.4. The Kier molecular flexibility index (Phi) is 8.84. The summed E-state index contributed by atoms with van der Waals surface area (Å²) < 4.78 is 19.1. The SMILES string of the molecule is CCCCCc1c(CNc2cccc(OC)c2)nc(C(C)C)c(CO)c1-c1ccc(F)cc1. The summed E-state index contributed by atoms with van der Waals surface area (Å²) in [6.45, 7) is 6.81. The molecular formula is C28H35FN2O2. The second kappa shape index (κ2) is 11.8. The van der Waals surface area contributed by atoms with Crippen LogP contribution in [0.3, 0.4) is 0 Å². The molecule has 33 heavy (non-hydrogen) atoms. The van der Waals surface area contributed by atoms with Crippen LogP contribution in [0, 0.1) is 5.82 Å². The van der Waals surface area contributed by atoms with Crippen molar-refractivity contribution >= 4 is 5.69 Å². The summed E-state index contributed by atoms with van der Waals surface area (Å²) in [5, 5.41) is 13.9. The first-order valence-electron chi connectivity index (χ1n) is 11.8. The Labute approximate surface area is 196 Å². The minimum Gasteiger partial charge on any atom is -0.497 e. The van der Waals surface area contributed by atoms with Crippen molar-refractivity contribution < 1.29 is 14.2 Å². The van der Waals surface area contributed by atoms with Crippen molar-refractivity contribution in [1.29, 1.82) is 0 Å². The zero-order valence-electron chi connectivity index (χ0n) is 20.1. The number of hydrogen-bond acceptors (Lipinski definition) is 4. The molecule has 0 aliphatic carbocycles. The van der Waals surface area contributed by atoms with Crippen LogP contribution in [0.1, 0.15) is 68.5 Å². The maximum absolute atomic E-state index is 13.7. The number of anilines is 1. The van der Waals surface area contributed by atoms with Crippen LogP contribution in [0.15, 0.2) is 48.5 Å². The molecule has 2 N–H and O–H groups in total. The van der Waals surface area contributed by atoms with Crippen LogP contribution in [-0.4, -0.2) is 17.2 Å². The van der Waals surface area contributed by atoms with E-state index in [0.717, 1.165) is 70.8 Å². The van der Waals surface area contributed by atoms with Crippen LogP contribution < -0.4 is 10.1 Å². The predicted octanol–water partition coefficient (Wildman–Crippen LogP) is 6.86. The molecule has 3 rings (SSSR count). The Morgan fingerprint density at radius 2 is 1.82 bits per heavy atom. The topological polar surface area (TPSA) is 54.4 Å². The van der Waals surface area contributed by atoms with Crippen molar-refractivity contribution in [3.05, 3.63) is 76.9 Å². The number of methoxy groups -OCH3 is 1. The molecule has 0 unspecified atom stereocenters. The van der Waals surface area contributed by atoms with E-state index >= 15 is 0 Å². The van der Waals surface area contributed by atoms with E-state index < -0.39 is 0 Å². The van der Waals surface area contributed by atoms with Crippen molar-refractivity contribution in [3.63, 3.8) is 0 Å². The van der Waals surface area contributed by atoms with Crippen molar-refractivity contribution in [2.24, 2.45) is 0 Å². The smallest absolute Gasteiger partial charge is 0.123 e. The molecule has 4 nitrogen and oxygen atoms in total. The number of halogens is 1. The van der Waals surface area contributed by atoms with Gasteiger partial charge in [0.15, 0.2) is 0 Å². The molecule has 0 amide bonds. The van der Waals surface area contributed by atoms with Gasteiger partial charge in [-0.15, -0.1) is 0 Å². The minimum absolute atomic E-state index is 0.0996. The summed E-state index contributed by atoms with van der Waals surface area (Å²) in [7, 11) is 1.66. The van der Waals surface area contributed by atoms with Crippen LogP contribution in [0.5, 0.6) is 5.75 Å². The van der Waals surface area contributed by atoms with Gasteiger partial charge < -0.3 is 15.2 Å². The summed E-state index contributed by atoms with van der Waals surface area (Å²) in [4.78, 5) is 5.06. The molecule has 5 heteroatoms. The normalized spacial score (nSPS) is 11.1. The van der Waals surface area contributed by atoms with E-state index in [9.17, 15) is 9.50 Å². The highest BCUT2D eigenvalue weighted by Crippen LogP contribution is 2.36. The Balaban J connectivity index is 2.13. The van der Waals surface area contributed by atoms with Gasteiger partial charge in [0, 0.05) is 23.0 Å². The van der Waals surface area contributed by atoms with E-state index in [2.05, 4.69) is 26.1 Å². The lowest BCUT2D eigenvalue weighted by Gasteiger charge is -2.23. The third-order valence-corrected chi connectivity index (χ3v) is 5.91. The quantitative estimate of drug-likeness (QED) is 0.313. The van der Waals surface area contributed by atoms with Gasteiger partial charge in [0.25, 0.3) is 0 Å².